The van der Waals surface area contributed by atoms with E-state index in [0.29, 0.717) is 6.42 Å². The van der Waals surface area contributed by atoms with Crippen LogP contribution in [0.15, 0.2) is 48.5 Å². The third kappa shape index (κ3) is 6.52. The number of carbonyl (C=O) groups is 2. The van der Waals surface area contributed by atoms with Crippen molar-refractivity contribution in [3.63, 3.8) is 0 Å². The maximum atomic E-state index is 13.7. The quantitative estimate of drug-likeness (QED) is 0.637. The van der Waals surface area contributed by atoms with E-state index in [4.69, 9.17) is 0 Å². The molecule has 0 fully saturated rings. The van der Waals surface area contributed by atoms with E-state index in [9.17, 15) is 22.4 Å². The van der Waals surface area contributed by atoms with E-state index in [1.165, 1.54) is 30.1 Å². The van der Waals surface area contributed by atoms with E-state index < -0.39 is 34.3 Å². The summed E-state index contributed by atoms with van der Waals surface area (Å²) in [6.45, 7) is 3.27. The predicted molar refractivity (Wildman–Crippen MR) is 118 cm³/mol. The minimum Gasteiger partial charge on any atom is -0.357 e. The Morgan fingerprint density at radius 1 is 1.13 bits per heavy atom. The minimum atomic E-state index is -3.88. The summed E-state index contributed by atoms with van der Waals surface area (Å²) in [5.74, 6) is -1.53. The Kier molecular flexibility index (Phi) is 8.15. The Labute approximate surface area is 182 Å². The van der Waals surface area contributed by atoms with Crippen molar-refractivity contribution in [1.82, 2.24) is 10.2 Å². The molecule has 168 valence electrons. The van der Waals surface area contributed by atoms with Crippen LogP contribution in [0.4, 0.5) is 10.1 Å². The number of carbonyl (C=O) groups excluding carboxylic acids is 2. The standard InChI is InChI=1S/C22H28FN3O4S/c1-5-20(22(28)24-3)25(14-17-9-6-8-16(2)12-17)21(27)15-26(31(4,29)30)19-11-7-10-18(23)13-19/h6-13,20H,5,14-15H2,1-4H3,(H,24,28). The van der Waals surface area contributed by atoms with Crippen molar-refractivity contribution >= 4 is 27.5 Å². The van der Waals surface area contributed by atoms with Crippen molar-refractivity contribution in [3.8, 4) is 0 Å². The van der Waals surface area contributed by atoms with Gasteiger partial charge in [0, 0.05) is 13.6 Å². The van der Waals surface area contributed by atoms with Crippen molar-refractivity contribution in [2.24, 2.45) is 0 Å². The highest BCUT2D eigenvalue weighted by atomic mass is 32.2. The van der Waals surface area contributed by atoms with Gasteiger partial charge >= 0.3 is 0 Å². The maximum absolute atomic E-state index is 13.7. The molecule has 0 aliphatic rings. The molecule has 2 aromatic carbocycles. The molecule has 9 heteroatoms. The third-order valence-electron chi connectivity index (χ3n) is 4.84. The first-order valence-corrected chi connectivity index (χ1v) is 11.7. The normalized spacial score (nSPS) is 12.2. The Morgan fingerprint density at radius 2 is 1.81 bits per heavy atom. The molecule has 7 nitrogen and oxygen atoms in total. The Hall–Kier alpha value is -2.94. The van der Waals surface area contributed by atoms with Crippen LogP contribution in [0.1, 0.15) is 24.5 Å². The average molecular weight is 450 g/mol. The first kappa shape index (κ1) is 24.3. The van der Waals surface area contributed by atoms with E-state index in [1.807, 2.05) is 31.2 Å². The minimum absolute atomic E-state index is 0.0411. The smallest absolute Gasteiger partial charge is 0.244 e. The first-order chi connectivity index (χ1) is 14.6. The summed E-state index contributed by atoms with van der Waals surface area (Å²) in [4.78, 5) is 27.1. The van der Waals surface area contributed by atoms with Gasteiger partial charge in [-0.05, 0) is 37.1 Å². The molecule has 2 rings (SSSR count). The van der Waals surface area contributed by atoms with Crippen LogP contribution in [0.3, 0.4) is 0 Å². The fraction of sp³-hybridized carbons (Fsp3) is 0.364. The molecule has 0 saturated carbocycles. The van der Waals surface area contributed by atoms with Crippen LogP contribution in [0.2, 0.25) is 0 Å². The number of rotatable bonds is 9. The number of hydrogen-bond donors (Lipinski definition) is 1. The summed E-state index contributed by atoms with van der Waals surface area (Å²) in [6.07, 6.45) is 1.29. The zero-order valence-electron chi connectivity index (χ0n) is 18.1. The second kappa shape index (κ2) is 10.4. The van der Waals surface area contributed by atoms with Gasteiger partial charge in [-0.15, -0.1) is 0 Å². The number of aryl methyl sites for hydroxylation is 1. The average Bonchev–Trinajstić information content (AvgIpc) is 2.70. The fourth-order valence-corrected chi connectivity index (χ4v) is 4.18. The molecule has 0 aromatic heterocycles. The number of nitrogens with one attached hydrogen (secondary N) is 1. The molecule has 2 aromatic rings. The van der Waals surface area contributed by atoms with Crippen LogP contribution in [0.5, 0.6) is 0 Å². The SMILES string of the molecule is CCC(C(=O)NC)N(Cc1cccc(C)c1)C(=O)CN(c1cccc(F)c1)S(C)(=O)=O. The molecule has 0 heterocycles. The number of anilines is 1. The van der Waals surface area contributed by atoms with E-state index in [2.05, 4.69) is 5.32 Å². The molecule has 0 aliphatic carbocycles. The maximum Gasteiger partial charge on any atom is 0.244 e. The van der Waals surface area contributed by atoms with Crippen LogP contribution in [-0.2, 0) is 26.2 Å². The monoisotopic (exact) mass is 449 g/mol. The molecule has 0 spiro atoms. The Bertz CT molecular complexity index is 1040. The van der Waals surface area contributed by atoms with E-state index in [1.54, 1.807) is 6.92 Å². The van der Waals surface area contributed by atoms with Gasteiger partial charge in [-0.25, -0.2) is 12.8 Å². The lowest BCUT2D eigenvalue weighted by Gasteiger charge is -2.32. The number of halogens is 1. The zero-order valence-corrected chi connectivity index (χ0v) is 18.9. The number of nitrogens with zero attached hydrogens (tertiary/aromatic N) is 2. The number of sulfonamides is 1. The van der Waals surface area contributed by atoms with Gasteiger partial charge in [0.15, 0.2) is 0 Å². The van der Waals surface area contributed by atoms with Gasteiger partial charge < -0.3 is 10.2 Å². The lowest BCUT2D eigenvalue weighted by molar-refractivity contribution is -0.140. The van der Waals surface area contributed by atoms with Crippen LogP contribution in [0.25, 0.3) is 0 Å². The Morgan fingerprint density at radius 3 is 2.35 bits per heavy atom. The van der Waals surface area contributed by atoms with E-state index in [0.717, 1.165) is 27.8 Å². The third-order valence-corrected chi connectivity index (χ3v) is 5.98. The topological polar surface area (TPSA) is 86.8 Å². The lowest BCUT2D eigenvalue weighted by Crippen LogP contribution is -2.51. The van der Waals surface area contributed by atoms with E-state index >= 15 is 0 Å². The molecule has 31 heavy (non-hydrogen) atoms. The van der Waals surface area contributed by atoms with Crippen LogP contribution >= 0.6 is 0 Å². The van der Waals surface area contributed by atoms with E-state index in [-0.39, 0.29) is 18.1 Å². The van der Waals surface area contributed by atoms with Crippen LogP contribution in [0, 0.1) is 12.7 Å². The summed E-state index contributed by atoms with van der Waals surface area (Å²) in [7, 11) is -2.40. The fourth-order valence-electron chi connectivity index (χ4n) is 3.34. The summed E-state index contributed by atoms with van der Waals surface area (Å²) in [5.41, 5.74) is 1.85. The molecule has 0 radical (unpaired) electrons. The van der Waals surface area contributed by atoms with Gasteiger partial charge in [-0.1, -0.05) is 42.8 Å². The van der Waals surface area contributed by atoms with Gasteiger partial charge in [0.05, 0.1) is 11.9 Å². The number of benzene rings is 2. The molecule has 0 saturated heterocycles. The summed E-state index contributed by atoms with van der Waals surface area (Å²) < 4.78 is 39.3. The highest BCUT2D eigenvalue weighted by molar-refractivity contribution is 7.92. The molecule has 0 bridgehead atoms. The zero-order chi connectivity index (χ0) is 23.2. The highest BCUT2D eigenvalue weighted by Crippen LogP contribution is 2.20. The van der Waals surface area contributed by atoms with Crippen molar-refractivity contribution in [2.75, 3.05) is 24.2 Å². The lowest BCUT2D eigenvalue weighted by atomic mass is 10.1. The van der Waals surface area contributed by atoms with Gasteiger partial charge in [-0.2, -0.15) is 0 Å². The second-order valence-electron chi connectivity index (χ2n) is 7.30. The molecule has 0 aliphatic heterocycles. The van der Waals surface area contributed by atoms with Crippen molar-refractivity contribution in [3.05, 3.63) is 65.5 Å². The predicted octanol–water partition coefficient (Wildman–Crippen LogP) is 2.45. The van der Waals surface area contributed by atoms with Crippen molar-refractivity contribution < 1.29 is 22.4 Å². The van der Waals surface area contributed by atoms with Gasteiger partial charge in [-0.3, -0.25) is 13.9 Å². The Balaban J connectivity index is 2.43. The first-order valence-electron chi connectivity index (χ1n) is 9.86. The molecule has 1 atom stereocenters. The van der Waals surface area contributed by atoms with Gasteiger partial charge in [0.2, 0.25) is 21.8 Å². The molecular weight excluding hydrogens is 421 g/mol. The number of amides is 2. The summed E-state index contributed by atoms with van der Waals surface area (Å²) in [5, 5.41) is 2.56. The van der Waals surface area contributed by atoms with Gasteiger partial charge in [0.1, 0.15) is 18.4 Å². The summed E-state index contributed by atoms with van der Waals surface area (Å²) in [6, 6.07) is 11.7. The highest BCUT2D eigenvalue weighted by Gasteiger charge is 2.31. The molecule has 1 N–H and O–H groups in total. The van der Waals surface area contributed by atoms with Crippen LogP contribution < -0.4 is 9.62 Å². The van der Waals surface area contributed by atoms with Crippen molar-refractivity contribution in [2.45, 2.75) is 32.9 Å². The number of hydrogen-bond acceptors (Lipinski definition) is 4. The molecule has 1 unspecified atom stereocenters. The number of likely N-dealkylation sites (N-methyl/N-ethyl adjacent to an activating group) is 1. The molecular formula is C22H28FN3O4S. The van der Waals surface area contributed by atoms with Gasteiger partial charge in [0.25, 0.3) is 0 Å². The largest absolute Gasteiger partial charge is 0.357 e. The molecule has 2 amide bonds. The summed E-state index contributed by atoms with van der Waals surface area (Å²) >= 11 is 0. The van der Waals surface area contributed by atoms with Crippen LogP contribution in [-0.4, -0.2) is 51.0 Å². The van der Waals surface area contributed by atoms with Crippen molar-refractivity contribution in [1.29, 1.82) is 0 Å². The second-order valence-corrected chi connectivity index (χ2v) is 9.21.